The average Bonchev–Trinajstić information content (AvgIpc) is 2.87. The molecule has 1 heterocycles. The summed E-state index contributed by atoms with van der Waals surface area (Å²) in [6.45, 7) is 9.40. The second-order valence-corrected chi connectivity index (χ2v) is 7.40. The Labute approximate surface area is 136 Å². The van der Waals surface area contributed by atoms with Gasteiger partial charge < -0.3 is 4.74 Å². The molecule has 1 aromatic carbocycles. The van der Waals surface area contributed by atoms with Crippen molar-refractivity contribution in [3.05, 3.63) is 45.4 Å². The molecule has 2 aromatic rings. The van der Waals surface area contributed by atoms with E-state index in [1.54, 1.807) is 11.3 Å². The fourth-order valence-corrected chi connectivity index (χ4v) is 3.06. The van der Waals surface area contributed by atoms with Crippen LogP contribution < -0.4 is 4.74 Å². The summed E-state index contributed by atoms with van der Waals surface area (Å²) in [5.74, 6) is 1.43. The third-order valence-electron chi connectivity index (χ3n) is 3.35. The van der Waals surface area contributed by atoms with E-state index in [9.17, 15) is 0 Å². The monoisotopic (exact) mass is 323 g/mol. The van der Waals surface area contributed by atoms with Crippen molar-refractivity contribution in [2.24, 2.45) is 0 Å². The largest absolute Gasteiger partial charge is 0.493 e. The molecule has 0 unspecified atom stereocenters. The molecule has 0 aliphatic carbocycles. The number of ether oxygens (including phenoxy) is 1. The molecule has 2 rings (SSSR count). The van der Waals surface area contributed by atoms with Gasteiger partial charge in [-0.25, -0.2) is 4.98 Å². The Kier molecular flexibility index (Phi) is 5.28. The Hall–Kier alpha value is -1.06. The molecule has 0 fully saturated rings. The first-order valence-corrected chi connectivity index (χ1v) is 8.55. The van der Waals surface area contributed by atoms with Crippen molar-refractivity contribution in [2.45, 2.75) is 45.4 Å². The number of alkyl halides is 1. The minimum Gasteiger partial charge on any atom is -0.493 e. The zero-order valence-corrected chi connectivity index (χ0v) is 14.6. The summed E-state index contributed by atoms with van der Waals surface area (Å²) in [4.78, 5) is 4.44. The number of aryl methyl sites for hydroxylation is 1. The standard InChI is InChI=1S/C17H22ClNOS/c1-12-9-13(17(2,3)4)5-6-15(12)20-8-7-16-19-14(10-18)11-21-16/h5-6,9,11H,7-8,10H2,1-4H3. The van der Waals surface area contributed by atoms with Crippen LogP contribution in [0.15, 0.2) is 23.6 Å². The topological polar surface area (TPSA) is 22.1 Å². The van der Waals surface area contributed by atoms with E-state index in [2.05, 4.69) is 50.9 Å². The van der Waals surface area contributed by atoms with Gasteiger partial charge in [0.15, 0.2) is 0 Å². The second-order valence-electron chi connectivity index (χ2n) is 6.19. The molecule has 114 valence electrons. The first kappa shape index (κ1) is 16.3. The average molecular weight is 324 g/mol. The molecule has 0 aliphatic rings. The van der Waals surface area contributed by atoms with E-state index >= 15 is 0 Å². The number of halogens is 1. The molecule has 0 atom stereocenters. The SMILES string of the molecule is Cc1cc(C(C)(C)C)ccc1OCCc1nc(CCl)cs1. The molecule has 0 saturated carbocycles. The molecular weight excluding hydrogens is 302 g/mol. The van der Waals surface area contributed by atoms with Gasteiger partial charge >= 0.3 is 0 Å². The molecule has 0 saturated heterocycles. The highest BCUT2D eigenvalue weighted by Gasteiger charge is 2.14. The third kappa shape index (κ3) is 4.45. The fraction of sp³-hybridized carbons (Fsp3) is 0.471. The summed E-state index contributed by atoms with van der Waals surface area (Å²) in [5.41, 5.74) is 3.63. The smallest absolute Gasteiger partial charge is 0.122 e. The van der Waals surface area contributed by atoms with Gasteiger partial charge in [0, 0.05) is 11.8 Å². The van der Waals surface area contributed by atoms with Crippen LogP contribution in [-0.2, 0) is 17.7 Å². The van der Waals surface area contributed by atoms with E-state index in [0.717, 1.165) is 22.9 Å². The lowest BCUT2D eigenvalue weighted by Gasteiger charge is -2.20. The molecular formula is C17H22ClNOS. The molecule has 0 spiro atoms. The quantitative estimate of drug-likeness (QED) is 0.713. The lowest BCUT2D eigenvalue weighted by molar-refractivity contribution is 0.319. The van der Waals surface area contributed by atoms with Crippen LogP contribution in [0.4, 0.5) is 0 Å². The number of nitrogens with zero attached hydrogens (tertiary/aromatic N) is 1. The van der Waals surface area contributed by atoms with Crippen molar-refractivity contribution in [3.63, 3.8) is 0 Å². The van der Waals surface area contributed by atoms with Gasteiger partial charge in [-0.3, -0.25) is 0 Å². The highest BCUT2D eigenvalue weighted by Crippen LogP contribution is 2.27. The molecule has 1 aromatic heterocycles. The molecule has 2 nitrogen and oxygen atoms in total. The van der Waals surface area contributed by atoms with E-state index in [-0.39, 0.29) is 5.41 Å². The Morgan fingerprint density at radius 1 is 1.29 bits per heavy atom. The van der Waals surface area contributed by atoms with Crippen molar-refractivity contribution < 1.29 is 4.74 Å². The van der Waals surface area contributed by atoms with Crippen LogP contribution in [0.25, 0.3) is 0 Å². The first-order valence-electron chi connectivity index (χ1n) is 7.13. The van der Waals surface area contributed by atoms with E-state index in [1.807, 2.05) is 5.38 Å². The van der Waals surface area contributed by atoms with Crippen LogP contribution >= 0.6 is 22.9 Å². The number of hydrogen-bond donors (Lipinski definition) is 0. The van der Waals surface area contributed by atoms with Crippen molar-refractivity contribution in [1.29, 1.82) is 0 Å². The number of benzene rings is 1. The molecule has 21 heavy (non-hydrogen) atoms. The van der Waals surface area contributed by atoms with Crippen LogP contribution in [0.5, 0.6) is 5.75 Å². The number of rotatable bonds is 5. The zero-order chi connectivity index (χ0) is 15.5. The molecule has 4 heteroatoms. The normalized spacial score (nSPS) is 11.7. The highest BCUT2D eigenvalue weighted by molar-refractivity contribution is 7.09. The number of thiazole rings is 1. The minimum absolute atomic E-state index is 0.169. The van der Waals surface area contributed by atoms with Crippen LogP contribution in [0.2, 0.25) is 0 Å². The van der Waals surface area contributed by atoms with Crippen LogP contribution in [0.3, 0.4) is 0 Å². The molecule has 0 bridgehead atoms. The predicted octanol–water partition coefficient (Wildman–Crippen LogP) is 5.11. The van der Waals surface area contributed by atoms with E-state index < -0.39 is 0 Å². The molecule has 0 amide bonds. The van der Waals surface area contributed by atoms with Gasteiger partial charge in [0.2, 0.25) is 0 Å². The van der Waals surface area contributed by atoms with Crippen molar-refractivity contribution in [2.75, 3.05) is 6.61 Å². The van der Waals surface area contributed by atoms with Gasteiger partial charge in [-0.1, -0.05) is 32.9 Å². The summed E-state index contributed by atoms with van der Waals surface area (Å²) in [7, 11) is 0. The zero-order valence-electron chi connectivity index (χ0n) is 13.1. The van der Waals surface area contributed by atoms with Gasteiger partial charge in [-0.15, -0.1) is 22.9 Å². The second kappa shape index (κ2) is 6.80. The summed E-state index contributed by atoms with van der Waals surface area (Å²) in [6.07, 6.45) is 0.821. The van der Waals surface area contributed by atoms with E-state index in [0.29, 0.717) is 12.5 Å². The van der Waals surface area contributed by atoms with Gasteiger partial charge in [0.05, 0.1) is 23.2 Å². The fourth-order valence-electron chi connectivity index (χ4n) is 2.05. The lowest BCUT2D eigenvalue weighted by atomic mass is 9.86. The van der Waals surface area contributed by atoms with Crippen LogP contribution in [0, 0.1) is 6.92 Å². The van der Waals surface area contributed by atoms with Crippen molar-refractivity contribution in [3.8, 4) is 5.75 Å². The first-order chi connectivity index (χ1) is 9.90. The van der Waals surface area contributed by atoms with Crippen LogP contribution in [0.1, 0.15) is 42.6 Å². The van der Waals surface area contributed by atoms with Crippen molar-refractivity contribution >= 4 is 22.9 Å². The predicted molar refractivity (Wildman–Crippen MR) is 90.7 cm³/mol. The van der Waals surface area contributed by atoms with Crippen molar-refractivity contribution in [1.82, 2.24) is 4.98 Å². The van der Waals surface area contributed by atoms with Gasteiger partial charge in [-0.05, 0) is 29.5 Å². The third-order valence-corrected chi connectivity index (χ3v) is 4.58. The summed E-state index contributed by atoms with van der Waals surface area (Å²) >= 11 is 7.40. The summed E-state index contributed by atoms with van der Waals surface area (Å²) in [6, 6.07) is 6.43. The molecule has 0 N–H and O–H groups in total. The maximum absolute atomic E-state index is 5.88. The maximum atomic E-state index is 5.88. The van der Waals surface area contributed by atoms with Gasteiger partial charge in [0.1, 0.15) is 5.75 Å². The molecule has 0 aliphatic heterocycles. The van der Waals surface area contributed by atoms with Gasteiger partial charge in [-0.2, -0.15) is 0 Å². The number of aromatic nitrogens is 1. The van der Waals surface area contributed by atoms with E-state index in [4.69, 9.17) is 16.3 Å². The van der Waals surface area contributed by atoms with Gasteiger partial charge in [0.25, 0.3) is 0 Å². The Bertz CT molecular complexity index is 601. The number of hydrogen-bond acceptors (Lipinski definition) is 3. The summed E-state index contributed by atoms with van der Waals surface area (Å²) in [5, 5.41) is 3.08. The molecule has 0 radical (unpaired) electrons. The Morgan fingerprint density at radius 2 is 2.05 bits per heavy atom. The summed E-state index contributed by atoms with van der Waals surface area (Å²) < 4.78 is 5.88. The maximum Gasteiger partial charge on any atom is 0.122 e. The minimum atomic E-state index is 0.169. The van der Waals surface area contributed by atoms with Crippen LogP contribution in [-0.4, -0.2) is 11.6 Å². The highest BCUT2D eigenvalue weighted by atomic mass is 35.5. The Morgan fingerprint density at radius 3 is 2.62 bits per heavy atom. The Balaban J connectivity index is 1.94. The lowest BCUT2D eigenvalue weighted by Crippen LogP contribution is -2.11. The van der Waals surface area contributed by atoms with E-state index in [1.165, 1.54) is 11.1 Å².